The van der Waals surface area contributed by atoms with Gasteiger partial charge in [-0.1, -0.05) is 0 Å². The van der Waals surface area contributed by atoms with Crippen LogP contribution in [0, 0.1) is 6.92 Å². The van der Waals surface area contributed by atoms with Gasteiger partial charge < -0.3 is 10.1 Å². The topological polar surface area (TPSA) is 47.0 Å². The zero-order chi connectivity index (χ0) is 11.2. The van der Waals surface area contributed by atoms with Crippen molar-refractivity contribution in [1.82, 2.24) is 9.97 Å². The normalized spacial score (nSPS) is 20.7. The molecule has 1 fully saturated rings. The van der Waals surface area contributed by atoms with Crippen LogP contribution in [-0.2, 0) is 4.74 Å². The van der Waals surface area contributed by atoms with E-state index in [1.165, 1.54) is 19.3 Å². The molecule has 1 saturated heterocycles. The lowest BCUT2D eigenvalue weighted by Crippen LogP contribution is -2.22. The Morgan fingerprint density at radius 1 is 1.44 bits per heavy atom. The van der Waals surface area contributed by atoms with Crippen LogP contribution >= 0.6 is 0 Å². The van der Waals surface area contributed by atoms with Crippen molar-refractivity contribution in [3.8, 4) is 0 Å². The van der Waals surface area contributed by atoms with Crippen molar-refractivity contribution >= 4 is 5.82 Å². The molecule has 0 aliphatic carbocycles. The zero-order valence-electron chi connectivity index (χ0n) is 9.78. The Balaban J connectivity index is 1.71. The molecule has 4 nitrogen and oxygen atoms in total. The summed E-state index contributed by atoms with van der Waals surface area (Å²) in [4.78, 5) is 8.22. The molecule has 1 aliphatic rings. The summed E-state index contributed by atoms with van der Waals surface area (Å²) in [5, 5.41) is 3.30. The van der Waals surface area contributed by atoms with Crippen LogP contribution in [0.2, 0.25) is 0 Å². The van der Waals surface area contributed by atoms with Gasteiger partial charge in [0, 0.05) is 24.9 Å². The van der Waals surface area contributed by atoms with Crippen LogP contribution in [0.15, 0.2) is 12.4 Å². The largest absolute Gasteiger partial charge is 0.378 e. The van der Waals surface area contributed by atoms with Crippen molar-refractivity contribution in [1.29, 1.82) is 0 Å². The summed E-state index contributed by atoms with van der Waals surface area (Å²) in [7, 11) is 0. The number of nitrogens with zero attached hydrogens (tertiary/aromatic N) is 2. The Hall–Kier alpha value is -1.16. The molecule has 0 bridgehead atoms. The molecule has 0 amide bonds. The highest BCUT2D eigenvalue weighted by Gasteiger charge is 2.12. The predicted molar refractivity (Wildman–Crippen MR) is 63.5 cm³/mol. The number of nitrogens with one attached hydrogen (secondary N) is 1. The fraction of sp³-hybridized carbons (Fsp3) is 0.667. The molecule has 2 rings (SSSR count). The van der Waals surface area contributed by atoms with E-state index in [-0.39, 0.29) is 0 Å². The Morgan fingerprint density at radius 3 is 3.12 bits per heavy atom. The van der Waals surface area contributed by atoms with Crippen LogP contribution in [-0.4, -0.2) is 29.2 Å². The lowest BCUT2D eigenvalue weighted by Gasteiger charge is -2.22. The molecule has 1 aliphatic heterocycles. The van der Waals surface area contributed by atoms with Gasteiger partial charge >= 0.3 is 0 Å². The number of ether oxygens (including phenoxy) is 1. The molecule has 1 aromatic heterocycles. The molecule has 1 atom stereocenters. The standard InChI is InChI=1S/C12H19N3O/c1-10-8-12(15-9-14-10)13-6-5-11-4-2-3-7-16-11/h8-9,11H,2-7H2,1H3,(H,13,14,15). The van der Waals surface area contributed by atoms with Gasteiger partial charge in [-0.3, -0.25) is 0 Å². The maximum absolute atomic E-state index is 5.67. The first-order valence-electron chi connectivity index (χ1n) is 5.99. The van der Waals surface area contributed by atoms with E-state index in [0.717, 1.165) is 31.1 Å². The fourth-order valence-corrected chi connectivity index (χ4v) is 1.95. The highest BCUT2D eigenvalue weighted by Crippen LogP contribution is 2.15. The number of hydrogen-bond acceptors (Lipinski definition) is 4. The van der Waals surface area contributed by atoms with Crippen LogP contribution in [0.4, 0.5) is 5.82 Å². The third-order valence-corrected chi connectivity index (χ3v) is 2.85. The first-order valence-corrected chi connectivity index (χ1v) is 5.99. The third-order valence-electron chi connectivity index (χ3n) is 2.85. The number of anilines is 1. The lowest BCUT2D eigenvalue weighted by atomic mass is 10.1. The molecule has 2 heterocycles. The van der Waals surface area contributed by atoms with Crippen molar-refractivity contribution in [2.75, 3.05) is 18.5 Å². The molecule has 0 saturated carbocycles. The molecular weight excluding hydrogens is 202 g/mol. The predicted octanol–water partition coefficient (Wildman–Crippen LogP) is 2.16. The lowest BCUT2D eigenvalue weighted by molar-refractivity contribution is 0.0134. The van der Waals surface area contributed by atoms with E-state index in [2.05, 4.69) is 15.3 Å². The summed E-state index contributed by atoms with van der Waals surface area (Å²) < 4.78 is 5.67. The van der Waals surface area contributed by atoms with Crippen LogP contribution < -0.4 is 5.32 Å². The summed E-state index contributed by atoms with van der Waals surface area (Å²) >= 11 is 0. The SMILES string of the molecule is Cc1cc(NCCC2CCCCO2)ncn1. The van der Waals surface area contributed by atoms with E-state index < -0.39 is 0 Å². The minimum Gasteiger partial charge on any atom is -0.378 e. The molecule has 0 aromatic carbocycles. The fourth-order valence-electron chi connectivity index (χ4n) is 1.95. The Morgan fingerprint density at radius 2 is 2.38 bits per heavy atom. The van der Waals surface area contributed by atoms with E-state index in [1.54, 1.807) is 6.33 Å². The molecule has 88 valence electrons. The van der Waals surface area contributed by atoms with E-state index in [1.807, 2.05) is 13.0 Å². The van der Waals surface area contributed by atoms with E-state index in [4.69, 9.17) is 4.74 Å². The molecule has 1 N–H and O–H groups in total. The van der Waals surface area contributed by atoms with Crippen molar-refractivity contribution in [3.63, 3.8) is 0 Å². The molecular formula is C12H19N3O. The Kier molecular flexibility index (Phi) is 4.10. The quantitative estimate of drug-likeness (QED) is 0.846. The second kappa shape index (κ2) is 5.80. The van der Waals surface area contributed by atoms with Gasteiger partial charge in [0.05, 0.1) is 6.10 Å². The van der Waals surface area contributed by atoms with Crippen LogP contribution in [0.1, 0.15) is 31.4 Å². The second-order valence-corrected chi connectivity index (χ2v) is 4.25. The summed E-state index contributed by atoms with van der Waals surface area (Å²) in [5.41, 5.74) is 0.992. The number of aromatic nitrogens is 2. The Labute approximate surface area is 96.4 Å². The van der Waals surface area contributed by atoms with Gasteiger partial charge in [0.2, 0.25) is 0 Å². The minimum atomic E-state index is 0.434. The van der Waals surface area contributed by atoms with Crippen LogP contribution in [0.25, 0.3) is 0 Å². The average Bonchev–Trinajstić information content (AvgIpc) is 2.30. The molecule has 0 spiro atoms. The van der Waals surface area contributed by atoms with Gasteiger partial charge in [-0.25, -0.2) is 9.97 Å². The zero-order valence-corrected chi connectivity index (χ0v) is 9.78. The number of hydrogen-bond donors (Lipinski definition) is 1. The van der Waals surface area contributed by atoms with Crippen molar-refractivity contribution in [3.05, 3.63) is 18.1 Å². The minimum absolute atomic E-state index is 0.434. The summed E-state index contributed by atoms with van der Waals surface area (Å²) in [5.74, 6) is 0.906. The maximum atomic E-state index is 5.67. The smallest absolute Gasteiger partial charge is 0.129 e. The van der Waals surface area contributed by atoms with Crippen LogP contribution in [0.3, 0.4) is 0 Å². The van der Waals surface area contributed by atoms with E-state index in [9.17, 15) is 0 Å². The molecule has 4 heteroatoms. The number of rotatable bonds is 4. The molecule has 1 aromatic rings. The van der Waals surface area contributed by atoms with Crippen LogP contribution in [0.5, 0.6) is 0 Å². The first kappa shape index (κ1) is 11.3. The van der Waals surface area contributed by atoms with Gasteiger partial charge in [-0.05, 0) is 32.6 Å². The summed E-state index contributed by atoms with van der Waals surface area (Å²) in [6, 6.07) is 1.96. The average molecular weight is 221 g/mol. The van der Waals surface area contributed by atoms with Gasteiger partial charge in [-0.15, -0.1) is 0 Å². The monoisotopic (exact) mass is 221 g/mol. The van der Waals surface area contributed by atoms with Crippen molar-refractivity contribution in [2.45, 2.75) is 38.7 Å². The van der Waals surface area contributed by atoms with Crippen molar-refractivity contribution in [2.24, 2.45) is 0 Å². The first-order chi connectivity index (χ1) is 7.84. The second-order valence-electron chi connectivity index (χ2n) is 4.25. The van der Waals surface area contributed by atoms with E-state index in [0.29, 0.717) is 6.10 Å². The number of aryl methyl sites for hydroxylation is 1. The van der Waals surface area contributed by atoms with Gasteiger partial charge in [0.15, 0.2) is 0 Å². The van der Waals surface area contributed by atoms with Gasteiger partial charge in [-0.2, -0.15) is 0 Å². The van der Waals surface area contributed by atoms with E-state index >= 15 is 0 Å². The highest BCUT2D eigenvalue weighted by atomic mass is 16.5. The van der Waals surface area contributed by atoms with Gasteiger partial charge in [0.1, 0.15) is 12.1 Å². The third kappa shape index (κ3) is 3.45. The summed E-state index contributed by atoms with van der Waals surface area (Å²) in [6.45, 7) is 3.81. The molecule has 1 unspecified atom stereocenters. The Bertz CT molecular complexity index is 324. The summed E-state index contributed by atoms with van der Waals surface area (Å²) in [6.07, 6.45) is 6.80. The molecule has 0 radical (unpaired) electrons. The molecule has 16 heavy (non-hydrogen) atoms. The maximum Gasteiger partial charge on any atom is 0.129 e. The van der Waals surface area contributed by atoms with Crippen molar-refractivity contribution < 1.29 is 4.74 Å². The highest BCUT2D eigenvalue weighted by molar-refractivity contribution is 5.34. The van der Waals surface area contributed by atoms with Gasteiger partial charge in [0.25, 0.3) is 0 Å².